The number of anilines is 1. The van der Waals surface area contributed by atoms with Crippen LogP contribution in [0.15, 0.2) is 72.1 Å². The zero-order valence-corrected chi connectivity index (χ0v) is 18.0. The molecule has 1 aliphatic rings. The summed E-state index contributed by atoms with van der Waals surface area (Å²) < 4.78 is 5.29. The van der Waals surface area contributed by atoms with Gasteiger partial charge in [0.05, 0.1) is 7.11 Å². The van der Waals surface area contributed by atoms with Crippen molar-refractivity contribution in [2.24, 2.45) is 0 Å². The quantitative estimate of drug-likeness (QED) is 0.619. The summed E-state index contributed by atoms with van der Waals surface area (Å²) >= 11 is 1.80. The van der Waals surface area contributed by atoms with Crippen LogP contribution in [0.1, 0.15) is 16.5 Å². The molecule has 4 rings (SSSR count). The van der Waals surface area contributed by atoms with Crippen LogP contribution in [0.25, 0.3) is 0 Å². The van der Waals surface area contributed by atoms with Gasteiger partial charge >= 0.3 is 0 Å². The van der Waals surface area contributed by atoms with Crippen molar-refractivity contribution >= 4 is 22.9 Å². The zero-order chi connectivity index (χ0) is 20.8. The average molecular weight is 422 g/mol. The average Bonchev–Trinajstić information content (AvgIpc) is 3.29. The SMILES string of the molecule is COc1cccc(NC(=O)[C@@H](c2ccccc2)N2CCN(Cc3cccs3)CC2)c1. The van der Waals surface area contributed by atoms with Gasteiger partial charge < -0.3 is 10.1 Å². The molecule has 1 N–H and O–H groups in total. The van der Waals surface area contributed by atoms with Crippen LogP contribution in [0, 0.1) is 0 Å². The summed E-state index contributed by atoms with van der Waals surface area (Å²) in [6, 6.07) is 21.5. The van der Waals surface area contributed by atoms with Gasteiger partial charge in [-0.05, 0) is 29.1 Å². The summed E-state index contributed by atoms with van der Waals surface area (Å²) in [6.07, 6.45) is 0. The third-order valence-corrected chi connectivity index (χ3v) is 6.29. The van der Waals surface area contributed by atoms with Crippen LogP contribution >= 0.6 is 11.3 Å². The van der Waals surface area contributed by atoms with Crippen LogP contribution in [0.4, 0.5) is 5.69 Å². The molecule has 0 radical (unpaired) electrons. The minimum atomic E-state index is -0.318. The number of hydrogen-bond donors (Lipinski definition) is 1. The number of methoxy groups -OCH3 is 1. The minimum absolute atomic E-state index is 0.0128. The van der Waals surface area contributed by atoms with Crippen molar-refractivity contribution in [2.75, 3.05) is 38.6 Å². The lowest BCUT2D eigenvalue weighted by atomic mass is 10.0. The molecule has 2 aromatic carbocycles. The van der Waals surface area contributed by atoms with Crippen LogP contribution in [0.3, 0.4) is 0 Å². The second-order valence-corrected chi connectivity index (χ2v) is 8.46. The highest BCUT2D eigenvalue weighted by molar-refractivity contribution is 7.09. The Labute approximate surface area is 181 Å². The van der Waals surface area contributed by atoms with Crippen molar-refractivity contribution in [1.82, 2.24) is 9.80 Å². The molecule has 0 saturated carbocycles. The Balaban J connectivity index is 1.47. The predicted octanol–water partition coefficient (Wildman–Crippen LogP) is 4.25. The lowest BCUT2D eigenvalue weighted by molar-refractivity contribution is -0.122. The molecule has 1 fully saturated rings. The number of thiophene rings is 1. The van der Waals surface area contributed by atoms with Gasteiger partial charge in [-0.2, -0.15) is 0 Å². The third kappa shape index (κ3) is 5.08. The molecule has 0 unspecified atom stereocenters. The van der Waals surface area contributed by atoms with E-state index in [0.29, 0.717) is 0 Å². The first-order chi connectivity index (χ1) is 14.7. The number of nitrogens with one attached hydrogen (secondary N) is 1. The highest BCUT2D eigenvalue weighted by Gasteiger charge is 2.30. The monoisotopic (exact) mass is 421 g/mol. The molecular formula is C24H27N3O2S. The number of amides is 1. The Morgan fingerprint density at radius 1 is 1.03 bits per heavy atom. The van der Waals surface area contributed by atoms with Crippen molar-refractivity contribution in [3.8, 4) is 5.75 Å². The van der Waals surface area contributed by atoms with Gasteiger partial charge in [0.1, 0.15) is 11.8 Å². The number of carbonyl (C=O) groups excluding carboxylic acids is 1. The zero-order valence-electron chi connectivity index (χ0n) is 17.2. The van der Waals surface area contributed by atoms with Crippen molar-refractivity contribution in [3.63, 3.8) is 0 Å². The number of carbonyl (C=O) groups is 1. The fourth-order valence-corrected chi connectivity index (χ4v) is 4.62. The van der Waals surface area contributed by atoms with Crippen LogP contribution < -0.4 is 10.1 Å². The molecular weight excluding hydrogens is 394 g/mol. The normalized spacial score (nSPS) is 16.2. The van der Waals surface area contributed by atoms with Crippen molar-refractivity contribution in [2.45, 2.75) is 12.6 Å². The third-order valence-electron chi connectivity index (χ3n) is 5.43. The van der Waals surface area contributed by atoms with Crippen LogP contribution in [-0.2, 0) is 11.3 Å². The van der Waals surface area contributed by atoms with Crippen LogP contribution in [-0.4, -0.2) is 49.0 Å². The van der Waals surface area contributed by atoms with Gasteiger partial charge in [0.25, 0.3) is 0 Å². The smallest absolute Gasteiger partial charge is 0.246 e. The van der Waals surface area contributed by atoms with Crippen molar-refractivity contribution in [1.29, 1.82) is 0 Å². The molecule has 1 saturated heterocycles. The van der Waals surface area contributed by atoms with E-state index in [0.717, 1.165) is 49.7 Å². The molecule has 5 nitrogen and oxygen atoms in total. The van der Waals surface area contributed by atoms with Crippen LogP contribution in [0.5, 0.6) is 5.75 Å². The largest absolute Gasteiger partial charge is 0.497 e. The Bertz CT molecular complexity index is 938. The maximum absolute atomic E-state index is 13.3. The summed E-state index contributed by atoms with van der Waals surface area (Å²) in [5.41, 5.74) is 1.77. The van der Waals surface area contributed by atoms with Crippen molar-refractivity contribution in [3.05, 3.63) is 82.6 Å². The molecule has 6 heteroatoms. The molecule has 1 aromatic heterocycles. The van der Waals surface area contributed by atoms with Crippen molar-refractivity contribution < 1.29 is 9.53 Å². The fraction of sp³-hybridized carbons (Fsp3) is 0.292. The maximum Gasteiger partial charge on any atom is 0.246 e. The topological polar surface area (TPSA) is 44.8 Å². The van der Waals surface area contributed by atoms with Gasteiger partial charge in [-0.3, -0.25) is 14.6 Å². The fourth-order valence-electron chi connectivity index (χ4n) is 3.88. The van der Waals surface area contributed by atoms with Gasteiger partial charge in [-0.15, -0.1) is 11.3 Å². The van der Waals surface area contributed by atoms with E-state index < -0.39 is 0 Å². The maximum atomic E-state index is 13.3. The minimum Gasteiger partial charge on any atom is -0.497 e. The first kappa shape index (κ1) is 20.6. The molecule has 156 valence electrons. The van der Waals surface area contributed by atoms with E-state index in [1.54, 1.807) is 18.4 Å². The van der Waals surface area contributed by atoms with Gasteiger partial charge in [-0.1, -0.05) is 42.5 Å². The summed E-state index contributed by atoms with van der Waals surface area (Å²) in [5.74, 6) is 0.715. The van der Waals surface area contributed by atoms with E-state index in [9.17, 15) is 4.79 Å². The Kier molecular flexibility index (Phi) is 6.79. The first-order valence-corrected chi connectivity index (χ1v) is 11.1. The molecule has 1 aliphatic heterocycles. The molecule has 1 amide bonds. The lowest BCUT2D eigenvalue weighted by Crippen LogP contribution is -2.49. The lowest BCUT2D eigenvalue weighted by Gasteiger charge is -2.38. The van der Waals surface area contributed by atoms with Crippen LogP contribution in [0.2, 0.25) is 0 Å². The summed E-state index contributed by atoms with van der Waals surface area (Å²) in [7, 11) is 1.63. The van der Waals surface area contributed by atoms with E-state index in [1.165, 1.54) is 4.88 Å². The Hall–Kier alpha value is -2.67. The number of rotatable bonds is 7. The standard InChI is InChI=1S/C24H27N3O2S/c1-29-21-10-5-9-20(17-21)25-24(28)23(19-7-3-2-4-8-19)27-14-12-26(13-15-27)18-22-11-6-16-30-22/h2-11,16-17,23H,12-15,18H2,1H3,(H,25,28)/t23-/m1/s1. The first-order valence-electron chi connectivity index (χ1n) is 10.2. The number of benzene rings is 2. The number of ether oxygens (including phenoxy) is 1. The number of nitrogens with zero attached hydrogens (tertiary/aromatic N) is 2. The van der Waals surface area contributed by atoms with Gasteiger partial charge in [-0.25, -0.2) is 0 Å². The van der Waals surface area contributed by atoms with E-state index in [1.807, 2.05) is 54.6 Å². The van der Waals surface area contributed by atoms with E-state index >= 15 is 0 Å². The second kappa shape index (κ2) is 9.89. The highest BCUT2D eigenvalue weighted by atomic mass is 32.1. The molecule has 2 heterocycles. The summed E-state index contributed by atoms with van der Waals surface area (Å²) in [5, 5.41) is 5.21. The predicted molar refractivity (Wildman–Crippen MR) is 122 cm³/mol. The highest BCUT2D eigenvalue weighted by Crippen LogP contribution is 2.26. The van der Waals surface area contributed by atoms with E-state index in [4.69, 9.17) is 4.74 Å². The Morgan fingerprint density at radius 3 is 2.53 bits per heavy atom. The van der Waals surface area contributed by atoms with Gasteiger partial charge in [0, 0.05) is 49.4 Å². The molecule has 30 heavy (non-hydrogen) atoms. The van der Waals surface area contributed by atoms with E-state index in [-0.39, 0.29) is 11.9 Å². The number of hydrogen-bond acceptors (Lipinski definition) is 5. The number of piperazine rings is 1. The molecule has 0 aliphatic carbocycles. The molecule has 0 spiro atoms. The Morgan fingerprint density at radius 2 is 1.83 bits per heavy atom. The second-order valence-electron chi connectivity index (χ2n) is 7.43. The van der Waals surface area contributed by atoms with E-state index in [2.05, 4.69) is 32.6 Å². The molecule has 1 atom stereocenters. The molecule has 3 aromatic rings. The van der Waals surface area contributed by atoms with Gasteiger partial charge in [0.15, 0.2) is 0 Å². The van der Waals surface area contributed by atoms with Gasteiger partial charge in [0.2, 0.25) is 5.91 Å². The summed E-state index contributed by atoms with van der Waals surface area (Å²) in [6.45, 7) is 4.60. The summed E-state index contributed by atoms with van der Waals surface area (Å²) in [4.78, 5) is 19.5. The molecule has 0 bridgehead atoms.